The van der Waals surface area contributed by atoms with Crippen LogP contribution < -0.4 is 10.2 Å². The van der Waals surface area contributed by atoms with Crippen LogP contribution in [0.25, 0.3) is 10.2 Å². The average molecular weight is 480 g/mol. The van der Waals surface area contributed by atoms with E-state index in [-0.39, 0.29) is 6.04 Å². The van der Waals surface area contributed by atoms with Gasteiger partial charge in [0.2, 0.25) is 0 Å². The van der Waals surface area contributed by atoms with Crippen molar-refractivity contribution in [2.24, 2.45) is 4.99 Å². The number of thiazole rings is 1. The molecule has 174 valence electrons. The largest absolute Gasteiger partial charge is 0.460 e. The third kappa shape index (κ3) is 5.57. The van der Waals surface area contributed by atoms with Crippen LogP contribution in [-0.4, -0.2) is 17.0 Å². The highest BCUT2D eigenvalue weighted by Gasteiger charge is 2.28. The van der Waals surface area contributed by atoms with E-state index in [4.69, 9.17) is 9.72 Å². The minimum Gasteiger partial charge on any atom is -0.460 e. The molecular weight excluding hydrogens is 454 g/mol. The summed E-state index contributed by atoms with van der Waals surface area (Å²) in [6.45, 7) is 2.02. The molecule has 5 rings (SSSR count). The lowest BCUT2D eigenvalue weighted by Crippen LogP contribution is -2.42. The van der Waals surface area contributed by atoms with E-state index >= 15 is 0 Å². The van der Waals surface area contributed by atoms with Crippen LogP contribution in [0.1, 0.15) is 23.1 Å². The quantitative estimate of drug-likeness (QED) is 0.347. The molecule has 1 aromatic heterocycles. The number of nitrogens with zero attached hydrogens (tertiary/aromatic N) is 4. The number of nitriles is 1. The molecule has 3 aromatic carbocycles. The maximum Gasteiger partial charge on any atom is 0.299 e. The average Bonchev–Trinajstić information content (AvgIpc) is 3.33. The summed E-state index contributed by atoms with van der Waals surface area (Å²) in [5.74, 6) is 0. The molecule has 6 nitrogen and oxygen atoms in total. The van der Waals surface area contributed by atoms with Gasteiger partial charge in [-0.3, -0.25) is 4.90 Å². The molecule has 0 fully saturated rings. The van der Waals surface area contributed by atoms with Crippen molar-refractivity contribution in [2.45, 2.75) is 32.2 Å². The monoisotopic (exact) mass is 479 g/mol. The van der Waals surface area contributed by atoms with E-state index in [0.29, 0.717) is 19.0 Å². The Morgan fingerprint density at radius 3 is 2.40 bits per heavy atom. The number of aliphatic imine (C=N–C) groups is 1. The van der Waals surface area contributed by atoms with Crippen molar-refractivity contribution in [3.05, 3.63) is 108 Å². The maximum absolute atomic E-state index is 9.36. The van der Waals surface area contributed by atoms with Crippen molar-refractivity contribution in [1.82, 2.24) is 10.3 Å². The summed E-state index contributed by atoms with van der Waals surface area (Å²) < 4.78 is 7.24. The Balaban J connectivity index is 1.23. The highest BCUT2D eigenvalue weighted by Crippen LogP contribution is 2.32. The van der Waals surface area contributed by atoms with Gasteiger partial charge in [0.05, 0.1) is 28.7 Å². The number of ether oxygens (including phenoxy) is 1. The van der Waals surface area contributed by atoms with Gasteiger partial charge in [0.1, 0.15) is 6.61 Å². The van der Waals surface area contributed by atoms with Gasteiger partial charge < -0.3 is 10.1 Å². The van der Waals surface area contributed by atoms with Crippen molar-refractivity contribution in [2.75, 3.05) is 4.90 Å². The topological polar surface area (TPSA) is 73.5 Å². The fraction of sp³-hybridized carbons (Fsp3) is 0.179. The summed E-state index contributed by atoms with van der Waals surface area (Å²) in [7, 11) is 0. The van der Waals surface area contributed by atoms with Gasteiger partial charge in [-0.2, -0.15) is 5.26 Å². The van der Waals surface area contributed by atoms with Crippen LogP contribution in [0.3, 0.4) is 0 Å². The zero-order valence-electron chi connectivity index (χ0n) is 19.2. The lowest BCUT2D eigenvalue weighted by molar-refractivity contribution is 0.281. The number of anilines is 1. The minimum atomic E-state index is -0.175. The molecule has 35 heavy (non-hydrogen) atoms. The second-order valence-corrected chi connectivity index (χ2v) is 9.22. The van der Waals surface area contributed by atoms with E-state index in [0.717, 1.165) is 34.0 Å². The highest BCUT2D eigenvalue weighted by atomic mass is 32.1. The molecule has 0 aliphatic carbocycles. The molecule has 1 aliphatic heterocycles. The number of benzene rings is 3. The number of amidine groups is 1. The predicted molar refractivity (Wildman–Crippen MR) is 141 cm³/mol. The Kier molecular flexibility index (Phi) is 7.13. The first-order chi connectivity index (χ1) is 17.3. The Labute approximate surface area is 208 Å². The zero-order chi connectivity index (χ0) is 23.9. The molecular formula is C28H25N5OS. The minimum absolute atomic E-state index is 0.175. The number of fused-ring (bicyclic) bond motifs is 1. The first-order valence-electron chi connectivity index (χ1n) is 11.5. The smallest absolute Gasteiger partial charge is 0.299 e. The van der Waals surface area contributed by atoms with Crippen molar-refractivity contribution >= 4 is 32.7 Å². The Hall–Kier alpha value is -3.99. The van der Waals surface area contributed by atoms with Crippen LogP contribution in [0.15, 0.2) is 96.1 Å². The molecule has 2 heterocycles. The number of nitrogens with one attached hydrogen (secondary N) is 1. The van der Waals surface area contributed by atoms with E-state index in [1.807, 2.05) is 41.3 Å². The molecule has 0 saturated heterocycles. The second-order valence-electron chi connectivity index (χ2n) is 8.21. The third-order valence-electron chi connectivity index (χ3n) is 5.71. The first-order valence-corrected chi connectivity index (χ1v) is 12.3. The van der Waals surface area contributed by atoms with Gasteiger partial charge in [0.25, 0.3) is 6.02 Å². The summed E-state index contributed by atoms with van der Waals surface area (Å²) in [6.07, 6.45) is 3.95. The van der Waals surface area contributed by atoms with Gasteiger partial charge in [-0.15, -0.1) is 0 Å². The van der Waals surface area contributed by atoms with Crippen molar-refractivity contribution in [3.63, 3.8) is 0 Å². The Morgan fingerprint density at radius 2 is 1.63 bits per heavy atom. The Morgan fingerprint density at radius 1 is 0.914 bits per heavy atom. The molecule has 0 bridgehead atoms. The summed E-state index contributed by atoms with van der Waals surface area (Å²) in [5.41, 5.74) is 4.46. The van der Waals surface area contributed by atoms with Gasteiger partial charge in [0, 0.05) is 19.3 Å². The summed E-state index contributed by atoms with van der Waals surface area (Å²) in [5, 5.41) is 13.6. The molecule has 7 heteroatoms. The fourth-order valence-corrected chi connectivity index (χ4v) is 4.91. The first kappa shape index (κ1) is 22.8. The van der Waals surface area contributed by atoms with Crippen LogP contribution in [-0.2, 0) is 24.4 Å². The van der Waals surface area contributed by atoms with Crippen LogP contribution in [0.4, 0.5) is 5.13 Å². The van der Waals surface area contributed by atoms with E-state index in [2.05, 4.69) is 64.9 Å². The maximum atomic E-state index is 9.36. The van der Waals surface area contributed by atoms with Crippen LogP contribution in [0.2, 0.25) is 0 Å². The number of hydrogen-bond donors (Lipinski definition) is 1. The van der Waals surface area contributed by atoms with Gasteiger partial charge in [-0.25, -0.2) is 9.98 Å². The van der Waals surface area contributed by atoms with Crippen LogP contribution in [0, 0.1) is 11.3 Å². The second kappa shape index (κ2) is 11.0. The summed E-state index contributed by atoms with van der Waals surface area (Å²) >= 11 is 1.57. The van der Waals surface area contributed by atoms with Gasteiger partial charge in [-0.05, 0) is 34.9 Å². The lowest BCUT2D eigenvalue weighted by atomic mass is 10.1. The highest BCUT2D eigenvalue weighted by molar-refractivity contribution is 7.22. The molecule has 0 amide bonds. The van der Waals surface area contributed by atoms with Gasteiger partial charge in [-0.1, -0.05) is 78.1 Å². The van der Waals surface area contributed by atoms with Crippen molar-refractivity contribution in [1.29, 1.82) is 5.26 Å². The van der Waals surface area contributed by atoms with E-state index < -0.39 is 0 Å². The SMILES string of the molecule is N#CCC1C=CN=C(OCc2ccc(CNCc3ccccc3)cc2)N1c1nc2ccccc2s1. The van der Waals surface area contributed by atoms with Crippen LogP contribution in [0.5, 0.6) is 0 Å². The normalized spacial score (nSPS) is 15.1. The van der Waals surface area contributed by atoms with Crippen molar-refractivity contribution < 1.29 is 4.74 Å². The zero-order valence-corrected chi connectivity index (χ0v) is 20.0. The summed E-state index contributed by atoms with van der Waals surface area (Å²) in [4.78, 5) is 11.2. The lowest BCUT2D eigenvalue weighted by Gasteiger charge is -2.30. The van der Waals surface area contributed by atoms with Crippen LogP contribution >= 0.6 is 11.3 Å². The number of hydrogen-bond acceptors (Lipinski definition) is 7. The fourth-order valence-electron chi connectivity index (χ4n) is 3.89. The van der Waals surface area contributed by atoms with Gasteiger partial charge >= 0.3 is 0 Å². The molecule has 1 N–H and O–H groups in total. The molecule has 1 atom stereocenters. The standard InChI is InChI=1S/C28H25N5OS/c29-16-14-24-15-17-31-27(33(24)28-32-25-8-4-5-9-26(25)35-28)34-20-23-12-10-22(11-13-23)19-30-18-21-6-2-1-3-7-21/h1-13,15,17,24,30H,14,18-20H2. The molecule has 4 aromatic rings. The molecule has 1 aliphatic rings. The molecule has 0 radical (unpaired) electrons. The molecule has 0 saturated carbocycles. The number of para-hydroxylation sites is 1. The number of aromatic nitrogens is 1. The van der Waals surface area contributed by atoms with E-state index in [1.54, 1.807) is 17.5 Å². The predicted octanol–water partition coefficient (Wildman–Crippen LogP) is 5.77. The van der Waals surface area contributed by atoms with Crippen molar-refractivity contribution in [3.8, 4) is 6.07 Å². The molecule has 1 unspecified atom stereocenters. The number of rotatable bonds is 8. The van der Waals surface area contributed by atoms with E-state index in [9.17, 15) is 5.26 Å². The molecule has 0 spiro atoms. The summed E-state index contributed by atoms with van der Waals surface area (Å²) in [6, 6.07) is 29.3. The third-order valence-corrected chi connectivity index (χ3v) is 6.75. The van der Waals surface area contributed by atoms with E-state index in [1.165, 1.54) is 11.1 Å². The van der Waals surface area contributed by atoms with Gasteiger partial charge in [0.15, 0.2) is 5.13 Å². The Bertz CT molecular complexity index is 1340.